The van der Waals surface area contributed by atoms with Crippen LogP contribution in [0.15, 0.2) is 36.4 Å². The van der Waals surface area contributed by atoms with Gasteiger partial charge < -0.3 is 0 Å². The number of nitrogens with two attached hydrogens (primary N) is 1. The number of hydrogen-bond acceptors (Lipinski definition) is 2. The molecule has 0 bridgehead atoms. The average Bonchev–Trinajstić information content (AvgIpc) is 2.38. The van der Waals surface area contributed by atoms with Crippen molar-refractivity contribution in [3.63, 3.8) is 0 Å². The maximum Gasteiger partial charge on any atom is 0.131 e. The van der Waals surface area contributed by atoms with E-state index in [0.717, 1.165) is 11.6 Å². The molecule has 0 fully saturated rings. The van der Waals surface area contributed by atoms with Crippen molar-refractivity contribution < 1.29 is 8.78 Å². The van der Waals surface area contributed by atoms with Crippen molar-refractivity contribution in [1.82, 2.24) is 5.43 Å². The number of rotatable bonds is 3. The van der Waals surface area contributed by atoms with Crippen molar-refractivity contribution in [3.05, 3.63) is 69.7 Å². The van der Waals surface area contributed by atoms with Crippen molar-refractivity contribution in [3.8, 4) is 0 Å². The zero-order chi connectivity index (χ0) is 14.0. The van der Waals surface area contributed by atoms with E-state index in [1.807, 2.05) is 0 Å². The van der Waals surface area contributed by atoms with Crippen LogP contribution in [0.4, 0.5) is 8.78 Å². The van der Waals surface area contributed by atoms with E-state index in [4.69, 9.17) is 17.4 Å². The van der Waals surface area contributed by atoms with E-state index in [1.165, 1.54) is 6.07 Å². The number of halogens is 3. The highest BCUT2D eigenvalue weighted by molar-refractivity contribution is 6.30. The average molecular weight is 283 g/mol. The van der Waals surface area contributed by atoms with E-state index < -0.39 is 17.7 Å². The zero-order valence-corrected chi connectivity index (χ0v) is 11.0. The molecule has 3 N–H and O–H groups in total. The van der Waals surface area contributed by atoms with Gasteiger partial charge >= 0.3 is 0 Å². The lowest BCUT2D eigenvalue weighted by molar-refractivity contribution is 0.538. The molecule has 0 heterocycles. The Morgan fingerprint density at radius 3 is 2.32 bits per heavy atom. The van der Waals surface area contributed by atoms with Gasteiger partial charge in [0, 0.05) is 16.7 Å². The summed E-state index contributed by atoms with van der Waals surface area (Å²) in [5.41, 5.74) is 3.94. The standard InChI is InChI=1S/C14H13ClF2N2/c1-8-6-11(13(17)7-12(8)16)14(19-18)9-2-4-10(15)5-3-9/h2-7,14,19H,18H2,1H3. The molecular formula is C14H13ClF2N2. The van der Waals surface area contributed by atoms with Crippen molar-refractivity contribution in [2.24, 2.45) is 5.84 Å². The summed E-state index contributed by atoms with van der Waals surface area (Å²) < 4.78 is 27.1. The number of aryl methyl sites for hydroxylation is 1. The lowest BCUT2D eigenvalue weighted by Crippen LogP contribution is -2.29. The third-order valence-corrected chi connectivity index (χ3v) is 3.21. The molecule has 0 spiro atoms. The monoisotopic (exact) mass is 282 g/mol. The van der Waals surface area contributed by atoms with Crippen LogP contribution in [0.1, 0.15) is 22.7 Å². The molecule has 0 aliphatic carbocycles. The molecule has 1 unspecified atom stereocenters. The molecule has 100 valence electrons. The van der Waals surface area contributed by atoms with Gasteiger partial charge in [-0.05, 0) is 36.2 Å². The Morgan fingerprint density at radius 2 is 1.74 bits per heavy atom. The van der Waals surface area contributed by atoms with Crippen LogP contribution < -0.4 is 11.3 Å². The minimum Gasteiger partial charge on any atom is -0.271 e. The van der Waals surface area contributed by atoms with Crippen molar-refractivity contribution in [2.75, 3.05) is 0 Å². The van der Waals surface area contributed by atoms with Gasteiger partial charge in [-0.2, -0.15) is 0 Å². The molecule has 0 aliphatic rings. The Bertz CT molecular complexity index is 585. The van der Waals surface area contributed by atoms with E-state index in [0.29, 0.717) is 16.1 Å². The van der Waals surface area contributed by atoms with Crippen LogP contribution in [-0.4, -0.2) is 0 Å². The van der Waals surface area contributed by atoms with Crippen LogP contribution in [0.5, 0.6) is 0 Å². The maximum atomic E-state index is 13.9. The van der Waals surface area contributed by atoms with Crippen LogP contribution >= 0.6 is 11.6 Å². The van der Waals surface area contributed by atoms with Gasteiger partial charge in [0.05, 0.1) is 6.04 Å². The van der Waals surface area contributed by atoms with Gasteiger partial charge in [-0.1, -0.05) is 23.7 Å². The molecule has 0 saturated heterocycles. The maximum absolute atomic E-state index is 13.9. The second-order valence-electron chi connectivity index (χ2n) is 4.27. The summed E-state index contributed by atoms with van der Waals surface area (Å²) in [6, 6.07) is 8.62. The lowest BCUT2D eigenvalue weighted by atomic mass is 9.97. The largest absolute Gasteiger partial charge is 0.271 e. The van der Waals surface area contributed by atoms with E-state index in [1.54, 1.807) is 31.2 Å². The highest BCUT2D eigenvalue weighted by atomic mass is 35.5. The molecule has 0 aliphatic heterocycles. The third kappa shape index (κ3) is 2.92. The minimum absolute atomic E-state index is 0.295. The Morgan fingerprint density at radius 1 is 1.11 bits per heavy atom. The Kier molecular flexibility index (Phi) is 4.14. The highest BCUT2D eigenvalue weighted by Gasteiger charge is 2.18. The Hall–Kier alpha value is -1.49. The van der Waals surface area contributed by atoms with E-state index in [9.17, 15) is 8.78 Å². The molecule has 19 heavy (non-hydrogen) atoms. The van der Waals surface area contributed by atoms with Gasteiger partial charge in [0.15, 0.2) is 0 Å². The van der Waals surface area contributed by atoms with Gasteiger partial charge in [-0.3, -0.25) is 5.84 Å². The lowest BCUT2D eigenvalue weighted by Gasteiger charge is -2.18. The molecule has 0 saturated carbocycles. The summed E-state index contributed by atoms with van der Waals surface area (Å²) in [7, 11) is 0. The van der Waals surface area contributed by atoms with Gasteiger partial charge in [0.25, 0.3) is 0 Å². The van der Waals surface area contributed by atoms with E-state index in [2.05, 4.69) is 5.43 Å². The summed E-state index contributed by atoms with van der Waals surface area (Å²) in [4.78, 5) is 0. The topological polar surface area (TPSA) is 38.0 Å². The minimum atomic E-state index is -0.638. The molecule has 2 rings (SSSR count). The van der Waals surface area contributed by atoms with Crippen molar-refractivity contribution in [1.29, 1.82) is 0 Å². The first-order chi connectivity index (χ1) is 9.02. The molecule has 1 atom stereocenters. The zero-order valence-electron chi connectivity index (χ0n) is 10.3. The van der Waals surface area contributed by atoms with Crippen molar-refractivity contribution in [2.45, 2.75) is 13.0 Å². The van der Waals surface area contributed by atoms with Crippen LogP contribution in [0.25, 0.3) is 0 Å². The number of hydrazine groups is 1. The number of benzene rings is 2. The molecule has 5 heteroatoms. The van der Waals surface area contributed by atoms with Crippen LogP contribution in [0, 0.1) is 18.6 Å². The second kappa shape index (κ2) is 5.65. The SMILES string of the molecule is Cc1cc(C(NN)c2ccc(Cl)cc2)c(F)cc1F. The predicted molar refractivity (Wildman–Crippen MR) is 71.7 cm³/mol. The van der Waals surface area contributed by atoms with E-state index >= 15 is 0 Å². The molecule has 2 aromatic rings. The van der Waals surface area contributed by atoms with Gasteiger partial charge in [0.1, 0.15) is 11.6 Å². The van der Waals surface area contributed by atoms with Gasteiger partial charge in [-0.15, -0.1) is 0 Å². The third-order valence-electron chi connectivity index (χ3n) is 2.96. The fraction of sp³-hybridized carbons (Fsp3) is 0.143. The Balaban J connectivity index is 2.47. The number of hydrogen-bond donors (Lipinski definition) is 2. The summed E-state index contributed by atoms with van der Waals surface area (Å²) in [5, 5.41) is 0.579. The first-order valence-electron chi connectivity index (χ1n) is 5.70. The van der Waals surface area contributed by atoms with Gasteiger partial charge in [-0.25, -0.2) is 14.2 Å². The van der Waals surface area contributed by atoms with Crippen LogP contribution in [0.3, 0.4) is 0 Å². The van der Waals surface area contributed by atoms with Crippen LogP contribution in [-0.2, 0) is 0 Å². The van der Waals surface area contributed by atoms with Gasteiger partial charge in [0.2, 0.25) is 0 Å². The smallest absolute Gasteiger partial charge is 0.131 e. The Labute approximate surface area is 115 Å². The molecule has 0 aromatic heterocycles. The molecule has 0 amide bonds. The molecular weight excluding hydrogens is 270 g/mol. The fourth-order valence-corrected chi connectivity index (χ4v) is 2.05. The first kappa shape index (κ1) is 13.9. The number of nitrogens with one attached hydrogen (secondary N) is 1. The molecule has 2 nitrogen and oxygen atoms in total. The molecule has 0 radical (unpaired) electrons. The predicted octanol–water partition coefficient (Wildman–Crippen LogP) is 3.48. The summed E-state index contributed by atoms with van der Waals surface area (Å²) >= 11 is 5.81. The first-order valence-corrected chi connectivity index (χ1v) is 6.08. The fourth-order valence-electron chi connectivity index (χ4n) is 1.92. The normalized spacial score (nSPS) is 12.5. The summed E-state index contributed by atoms with van der Waals surface area (Å²) in [5.74, 6) is 4.27. The molecule has 2 aromatic carbocycles. The quantitative estimate of drug-likeness (QED) is 0.668. The van der Waals surface area contributed by atoms with Crippen LogP contribution in [0.2, 0.25) is 5.02 Å². The van der Waals surface area contributed by atoms with E-state index in [-0.39, 0.29) is 0 Å². The highest BCUT2D eigenvalue weighted by Crippen LogP contribution is 2.26. The second-order valence-corrected chi connectivity index (χ2v) is 4.71. The van der Waals surface area contributed by atoms with Crippen molar-refractivity contribution >= 4 is 11.6 Å². The summed E-state index contributed by atoms with van der Waals surface area (Å²) in [6.07, 6.45) is 0. The summed E-state index contributed by atoms with van der Waals surface area (Å²) in [6.45, 7) is 1.58.